The zero-order chi connectivity index (χ0) is 18.3. The lowest BCUT2D eigenvalue weighted by molar-refractivity contribution is 0.627. The van der Waals surface area contributed by atoms with E-state index in [0.29, 0.717) is 0 Å². The summed E-state index contributed by atoms with van der Waals surface area (Å²) in [5.41, 5.74) is 5.99. The van der Waals surface area contributed by atoms with Gasteiger partial charge in [-0.2, -0.15) is 0 Å². The van der Waals surface area contributed by atoms with Crippen molar-refractivity contribution in [2.75, 3.05) is 5.32 Å². The summed E-state index contributed by atoms with van der Waals surface area (Å²) in [6, 6.07) is 14.6. The lowest BCUT2D eigenvalue weighted by Gasteiger charge is -2.09. The SMILES string of the molecule is Cc1cccc(Nc2ncnc3c2c(C)c(C)n3-c2ccc(F)cc2)c1. The highest BCUT2D eigenvalue weighted by Crippen LogP contribution is 2.32. The number of anilines is 2. The first-order valence-corrected chi connectivity index (χ1v) is 8.47. The molecule has 0 saturated heterocycles. The van der Waals surface area contributed by atoms with Crippen LogP contribution < -0.4 is 5.32 Å². The summed E-state index contributed by atoms with van der Waals surface area (Å²) in [6.45, 7) is 6.15. The van der Waals surface area contributed by atoms with Crippen LogP contribution in [0, 0.1) is 26.6 Å². The summed E-state index contributed by atoms with van der Waals surface area (Å²) in [5, 5.41) is 4.37. The van der Waals surface area contributed by atoms with E-state index < -0.39 is 0 Å². The van der Waals surface area contributed by atoms with Gasteiger partial charge in [-0.15, -0.1) is 0 Å². The maximum Gasteiger partial charge on any atom is 0.150 e. The van der Waals surface area contributed by atoms with E-state index in [4.69, 9.17) is 0 Å². The summed E-state index contributed by atoms with van der Waals surface area (Å²) in [7, 11) is 0. The van der Waals surface area contributed by atoms with Crippen molar-refractivity contribution >= 4 is 22.5 Å². The molecule has 0 bridgehead atoms. The van der Waals surface area contributed by atoms with E-state index >= 15 is 0 Å². The predicted molar refractivity (Wildman–Crippen MR) is 103 cm³/mol. The summed E-state index contributed by atoms with van der Waals surface area (Å²) >= 11 is 0. The standard InChI is InChI=1S/C21H19FN4/c1-13-5-4-6-17(11-13)25-20-19-14(2)15(3)26(21(19)24-12-23-20)18-9-7-16(22)8-10-18/h4-12H,1-3H3,(H,23,24,25). The number of aryl methyl sites for hydroxylation is 2. The highest BCUT2D eigenvalue weighted by atomic mass is 19.1. The Hall–Kier alpha value is -3.21. The Labute approximate surface area is 151 Å². The Kier molecular flexibility index (Phi) is 3.92. The van der Waals surface area contributed by atoms with Gasteiger partial charge in [-0.1, -0.05) is 12.1 Å². The van der Waals surface area contributed by atoms with E-state index in [1.807, 2.05) is 23.6 Å². The molecule has 0 atom stereocenters. The van der Waals surface area contributed by atoms with Gasteiger partial charge in [0.1, 0.15) is 18.0 Å². The molecule has 130 valence electrons. The highest BCUT2D eigenvalue weighted by molar-refractivity contribution is 5.94. The molecule has 2 heterocycles. The Morgan fingerprint density at radius 1 is 0.962 bits per heavy atom. The molecule has 26 heavy (non-hydrogen) atoms. The second kappa shape index (κ2) is 6.26. The molecule has 2 aromatic heterocycles. The monoisotopic (exact) mass is 346 g/mol. The summed E-state index contributed by atoms with van der Waals surface area (Å²) in [6.07, 6.45) is 1.55. The van der Waals surface area contributed by atoms with Gasteiger partial charge in [0.15, 0.2) is 5.65 Å². The Morgan fingerprint density at radius 2 is 1.73 bits per heavy atom. The number of nitrogens with one attached hydrogen (secondary N) is 1. The van der Waals surface area contributed by atoms with Gasteiger partial charge in [-0.3, -0.25) is 4.57 Å². The van der Waals surface area contributed by atoms with Crippen molar-refractivity contribution in [2.45, 2.75) is 20.8 Å². The molecule has 5 heteroatoms. The molecule has 0 amide bonds. The molecule has 4 rings (SSSR count). The number of aromatic nitrogens is 3. The van der Waals surface area contributed by atoms with Crippen LogP contribution in [0.4, 0.5) is 15.9 Å². The van der Waals surface area contributed by atoms with Gasteiger partial charge in [0.2, 0.25) is 0 Å². The first-order chi connectivity index (χ1) is 12.5. The van der Waals surface area contributed by atoms with Crippen LogP contribution >= 0.6 is 0 Å². The molecule has 2 aromatic carbocycles. The van der Waals surface area contributed by atoms with Crippen LogP contribution in [0.1, 0.15) is 16.8 Å². The molecule has 0 aliphatic rings. The summed E-state index contributed by atoms with van der Waals surface area (Å²) in [4.78, 5) is 8.96. The number of nitrogens with zero attached hydrogens (tertiary/aromatic N) is 3. The largest absolute Gasteiger partial charge is 0.340 e. The molecule has 0 radical (unpaired) electrons. The third-order valence-electron chi connectivity index (χ3n) is 4.66. The first kappa shape index (κ1) is 16.3. The van der Waals surface area contributed by atoms with Gasteiger partial charge in [0, 0.05) is 17.1 Å². The third kappa shape index (κ3) is 2.71. The fourth-order valence-corrected chi connectivity index (χ4v) is 3.26. The highest BCUT2D eigenvalue weighted by Gasteiger charge is 2.17. The first-order valence-electron chi connectivity index (χ1n) is 8.47. The minimum atomic E-state index is -0.254. The van der Waals surface area contributed by atoms with E-state index in [9.17, 15) is 4.39 Å². The molecule has 4 aromatic rings. The molecule has 0 saturated carbocycles. The Bertz CT molecular complexity index is 1100. The van der Waals surface area contributed by atoms with E-state index in [2.05, 4.69) is 41.3 Å². The number of fused-ring (bicyclic) bond motifs is 1. The van der Waals surface area contributed by atoms with Crippen molar-refractivity contribution in [3.05, 3.63) is 77.5 Å². The van der Waals surface area contributed by atoms with Gasteiger partial charge >= 0.3 is 0 Å². The summed E-state index contributed by atoms with van der Waals surface area (Å²) in [5.74, 6) is 0.512. The van der Waals surface area contributed by atoms with Crippen LogP contribution in [0.25, 0.3) is 16.7 Å². The normalized spacial score (nSPS) is 11.1. The average Bonchev–Trinajstić information content (AvgIpc) is 2.88. The fraction of sp³-hybridized carbons (Fsp3) is 0.143. The smallest absolute Gasteiger partial charge is 0.150 e. The zero-order valence-electron chi connectivity index (χ0n) is 14.9. The Balaban J connectivity index is 1.89. The second-order valence-corrected chi connectivity index (χ2v) is 6.44. The van der Waals surface area contributed by atoms with Crippen molar-refractivity contribution in [1.82, 2.24) is 14.5 Å². The molecular weight excluding hydrogens is 327 g/mol. The third-order valence-corrected chi connectivity index (χ3v) is 4.66. The van der Waals surface area contributed by atoms with Crippen LogP contribution in [0.15, 0.2) is 54.9 Å². The van der Waals surface area contributed by atoms with E-state index in [1.165, 1.54) is 17.7 Å². The van der Waals surface area contributed by atoms with E-state index in [0.717, 1.165) is 39.5 Å². The van der Waals surface area contributed by atoms with Gasteiger partial charge in [-0.05, 0) is 68.3 Å². The Morgan fingerprint density at radius 3 is 2.46 bits per heavy atom. The number of hydrogen-bond donors (Lipinski definition) is 1. The molecule has 4 nitrogen and oxygen atoms in total. The van der Waals surface area contributed by atoms with Gasteiger partial charge in [0.05, 0.1) is 5.39 Å². The molecule has 0 unspecified atom stereocenters. The van der Waals surface area contributed by atoms with Crippen molar-refractivity contribution in [2.24, 2.45) is 0 Å². The lowest BCUT2D eigenvalue weighted by atomic mass is 10.2. The minimum absolute atomic E-state index is 0.254. The van der Waals surface area contributed by atoms with Crippen LogP contribution in [0.3, 0.4) is 0 Å². The van der Waals surface area contributed by atoms with Crippen molar-refractivity contribution in [1.29, 1.82) is 0 Å². The van der Waals surface area contributed by atoms with Crippen molar-refractivity contribution < 1.29 is 4.39 Å². The van der Waals surface area contributed by atoms with Crippen LogP contribution in [0.2, 0.25) is 0 Å². The lowest BCUT2D eigenvalue weighted by Crippen LogP contribution is -1.99. The topological polar surface area (TPSA) is 42.7 Å². The van der Waals surface area contributed by atoms with Crippen molar-refractivity contribution in [3.63, 3.8) is 0 Å². The van der Waals surface area contributed by atoms with Crippen LogP contribution in [-0.4, -0.2) is 14.5 Å². The number of benzene rings is 2. The molecule has 0 fully saturated rings. The maximum atomic E-state index is 13.3. The van der Waals surface area contributed by atoms with Gasteiger partial charge in [0.25, 0.3) is 0 Å². The number of rotatable bonds is 3. The predicted octanol–water partition coefficient (Wildman–Crippen LogP) is 5.23. The molecule has 1 N–H and O–H groups in total. The molecular formula is C21H19FN4. The van der Waals surface area contributed by atoms with Crippen LogP contribution in [0.5, 0.6) is 0 Å². The van der Waals surface area contributed by atoms with E-state index in [-0.39, 0.29) is 5.82 Å². The fourth-order valence-electron chi connectivity index (χ4n) is 3.26. The van der Waals surface area contributed by atoms with Crippen LogP contribution in [-0.2, 0) is 0 Å². The zero-order valence-corrected chi connectivity index (χ0v) is 14.9. The summed E-state index contributed by atoms with van der Waals surface area (Å²) < 4.78 is 15.4. The maximum absolute atomic E-state index is 13.3. The average molecular weight is 346 g/mol. The number of hydrogen-bond acceptors (Lipinski definition) is 3. The molecule has 0 spiro atoms. The minimum Gasteiger partial charge on any atom is -0.340 e. The quantitative estimate of drug-likeness (QED) is 0.552. The van der Waals surface area contributed by atoms with E-state index in [1.54, 1.807) is 18.5 Å². The number of halogens is 1. The van der Waals surface area contributed by atoms with Crippen molar-refractivity contribution in [3.8, 4) is 5.69 Å². The van der Waals surface area contributed by atoms with Gasteiger partial charge in [-0.25, -0.2) is 14.4 Å². The second-order valence-electron chi connectivity index (χ2n) is 6.44. The molecule has 0 aliphatic carbocycles. The molecule has 0 aliphatic heterocycles. The van der Waals surface area contributed by atoms with Gasteiger partial charge < -0.3 is 5.32 Å².